The predicted molar refractivity (Wildman–Crippen MR) is 103 cm³/mol. The Balaban J connectivity index is 1.42. The van der Waals surface area contributed by atoms with Gasteiger partial charge in [0.25, 0.3) is 0 Å². The van der Waals surface area contributed by atoms with E-state index in [0.29, 0.717) is 35.2 Å². The first-order valence-electron chi connectivity index (χ1n) is 9.72. The molecule has 0 saturated heterocycles. The minimum absolute atomic E-state index is 0.286. The number of hydrogen-bond acceptors (Lipinski definition) is 2. The van der Waals surface area contributed by atoms with E-state index in [1.54, 1.807) is 6.07 Å². The molecule has 2 aromatic carbocycles. The van der Waals surface area contributed by atoms with Crippen LogP contribution < -0.4 is 5.32 Å². The summed E-state index contributed by atoms with van der Waals surface area (Å²) in [7, 11) is 0. The van der Waals surface area contributed by atoms with Gasteiger partial charge < -0.3 is 15.4 Å². The van der Waals surface area contributed by atoms with E-state index in [1.807, 2.05) is 6.07 Å². The van der Waals surface area contributed by atoms with Gasteiger partial charge in [-0.05, 0) is 67.5 Å². The molecule has 3 aromatic rings. The molecular formula is C22H18F4N2O2. The van der Waals surface area contributed by atoms with E-state index >= 15 is 0 Å². The van der Waals surface area contributed by atoms with E-state index in [4.69, 9.17) is 0 Å². The molecule has 0 radical (unpaired) electrons. The molecule has 30 heavy (non-hydrogen) atoms. The van der Waals surface area contributed by atoms with Crippen LogP contribution in [0.2, 0.25) is 0 Å². The minimum Gasteiger partial charge on any atom is -0.507 e. The monoisotopic (exact) mass is 418 g/mol. The maximum atomic E-state index is 14.5. The first-order valence-corrected chi connectivity index (χ1v) is 9.72. The van der Waals surface area contributed by atoms with Crippen molar-refractivity contribution in [3.05, 3.63) is 59.0 Å². The highest BCUT2D eigenvalue weighted by Crippen LogP contribution is 2.51. The zero-order valence-electron chi connectivity index (χ0n) is 15.7. The van der Waals surface area contributed by atoms with E-state index < -0.39 is 34.6 Å². The van der Waals surface area contributed by atoms with Crippen molar-refractivity contribution in [2.45, 2.75) is 43.2 Å². The fourth-order valence-electron chi connectivity index (χ4n) is 4.00. The number of nitrogens with one attached hydrogen (secondary N) is 2. The molecule has 8 heteroatoms. The van der Waals surface area contributed by atoms with Crippen LogP contribution in [0.25, 0.3) is 10.9 Å². The number of anilines is 1. The molecular weight excluding hydrogens is 400 g/mol. The third kappa shape index (κ3) is 3.11. The SMILES string of the molecule is O=C(Nc1cc(F)c2[nH]c(C3CC3)cc2c1)C1(c2ccc(C(F)(F)F)c(O)c2)CC1. The number of halogens is 4. The van der Waals surface area contributed by atoms with Gasteiger partial charge in [-0.3, -0.25) is 4.79 Å². The van der Waals surface area contributed by atoms with E-state index in [9.17, 15) is 27.5 Å². The molecule has 0 spiro atoms. The van der Waals surface area contributed by atoms with Crippen molar-refractivity contribution >= 4 is 22.5 Å². The molecule has 0 atom stereocenters. The van der Waals surface area contributed by atoms with Crippen LogP contribution >= 0.6 is 0 Å². The number of benzene rings is 2. The minimum atomic E-state index is -4.68. The number of hydrogen-bond donors (Lipinski definition) is 3. The van der Waals surface area contributed by atoms with Gasteiger partial charge in [-0.2, -0.15) is 13.2 Å². The Morgan fingerprint density at radius 3 is 2.47 bits per heavy atom. The summed E-state index contributed by atoms with van der Waals surface area (Å²) in [6, 6.07) is 7.78. The number of H-pyrrole nitrogens is 1. The van der Waals surface area contributed by atoms with Gasteiger partial charge in [-0.15, -0.1) is 0 Å². The lowest BCUT2D eigenvalue weighted by Crippen LogP contribution is -2.28. The predicted octanol–water partition coefficient (Wildman–Crippen LogP) is 5.58. The molecule has 1 aromatic heterocycles. The lowest BCUT2D eigenvalue weighted by molar-refractivity contribution is -0.138. The average Bonchev–Trinajstić information content (AvgIpc) is 3.58. The maximum absolute atomic E-state index is 14.5. The van der Waals surface area contributed by atoms with Gasteiger partial charge in [-0.1, -0.05) is 6.07 Å². The lowest BCUT2D eigenvalue weighted by atomic mass is 9.93. The van der Waals surface area contributed by atoms with Gasteiger partial charge in [0, 0.05) is 16.8 Å². The highest BCUT2D eigenvalue weighted by molar-refractivity contribution is 6.02. The van der Waals surface area contributed by atoms with Gasteiger partial charge in [0.15, 0.2) is 0 Å². The molecule has 2 aliphatic carbocycles. The molecule has 2 fully saturated rings. The smallest absolute Gasteiger partial charge is 0.419 e. The summed E-state index contributed by atoms with van der Waals surface area (Å²) in [6.07, 6.45) is -1.67. The summed E-state index contributed by atoms with van der Waals surface area (Å²) in [6.45, 7) is 0. The summed E-state index contributed by atoms with van der Waals surface area (Å²) >= 11 is 0. The molecule has 156 valence electrons. The number of aromatic hydroxyl groups is 1. The van der Waals surface area contributed by atoms with Gasteiger partial charge >= 0.3 is 6.18 Å². The van der Waals surface area contributed by atoms with Crippen LogP contribution in [-0.4, -0.2) is 16.0 Å². The molecule has 2 aliphatic rings. The van der Waals surface area contributed by atoms with Crippen LogP contribution in [0.3, 0.4) is 0 Å². The standard InChI is InChI=1S/C22H18F4N2O2/c23-16-10-14(7-12-8-17(11-1-2-11)28-19(12)16)27-20(30)21(5-6-21)13-3-4-15(18(29)9-13)22(24,25)26/h3-4,7-11,28-29H,1-2,5-6H2,(H,27,30). The summed E-state index contributed by atoms with van der Waals surface area (Å²) in [5.41, 5.74) is -0.202. The third-order valence-electron chi connectivity index (χ3n) is 6.02. The van der Waals surface area contributed by atoms with Crippen LogP contribution in [0.5, 0.6) is 5.75 Å². The van der Waals surface area contributed by atoms with Crippen molar-refractivity contribution in [3.63, 3.8) is 0 Å². The Morgan fingerprint density at radius 2 is 1.87 bits per heavy atom. The highest BCUT2D eigenvalue weighted by atomic mass is 19.4. The fraction of sp³-hybridized carbons (Fsp3) is 0.318. The van der Waals surface area contributed by atoms with E-state index in [0.717, 1.165) is 30.7 Å². The van der Waals surface area contributed by atoms with Crippen LogP contribution in [-0.2, 0) is 16.4 Å². The van der Waals surface area contributed by atoms with E-state index in [1.165, 1.54) is 12.1 Å². The molecule has 2 saturated carbocycles. The number of rotatable bonds is 4. The number of phenolic OH excluding ortho intramolecular Hbond substituents is 1. The first kappa shape index (κ1) is 19.0. The Morgan fingerprint density at radius 1 is 1.13 bits per heavy atom. The summed E-state index contributed by atoms with van der Waals surface area (Å²) < 4.78 is 53.2. The second kappa shape index (κ2) is 6.23. The Kier molecular flexibility index (Phi) is 3.94. The van der Waals surface area contributed by atoms with Crippen molar-refractivity contribution in [2.24, 2.45) is 0 Å². The molecule has 4 nitrogen and oxygen atoms in total. The quantitative estimate of drug-likeness (QED) is 0.485. The number of aromatic amines is 1. The fourth-order valence-corrected chi connectivity index (χ4v) is 4.00. The molecule has 1 amide bonds. The molecule has 0 aliphatic heterocycles. The number of amides is 1. The summed E-state index contributed by atoms with van der Waals surface area (Å²) in [5, 5.41) is 13.1. The maximum Gasteiger partial charge on any atom is 0.419 e. The molecule has 0 bridgehead atoms. The number of carbonyl (C=O) groups is 1. The lowest BCUT2D eigenvalue weighted by Gasteiger charge is -2.18. The first-order chi connectivity index (χ1) is 14.2. The molecule has 0 unspecified atom stereocenters. The average molecular weight is 418 g/mol. The van der Waals surface area contributed by atoms with Crippen molar-refractivity contribution in [1.82, 2.24) is 4.98 Å². The topological polar surface area (TPSA) is 65.1 Å². The van der Waals surface area contributed by atoms with Gasteiger partial charge in [0.2, 0.25) is 5.91 Å². The van der Waals surface area contributed by atoms with Crippen molar-refractivity contribution in [2.75, 3.05) is 5.32 Å². The van der Waals surface area contributed by atoms with E-state index in [-0.39, 0.29) is 5.69 Å². The second-order valence-corrected chi connectivity index (χ2v) is 8.19. The van der Waals surface area contributed by atoms with Gasteiger partial charge in [0.1, 0.15) is 11.6 Å². The molecule has 1 heterocycles. The Hall–Kier alpha value is -3.03. The largest absolute Gasteiger partial charge is 0.507 e. The number of carbonyl (C=O) groups excluding carboxylic acids is 1. The van der Waals surface area contributed by atoms with Crippen molar-refractivity contribution < 1.29 is 27.5 Å². The summed E-state index contributed by atoms with van der Waals surface area (Å²) in [4.78, 5) is 16.0. The molecule has 5 rings (SSSR count). The Bertz CT molecular complexity index is 1170. The highest BCUT2D eigenvalue weighted by Gasteiger charge is 2.52. The number of alkyl halides is 3. The van der Waals surface area contributed by atoms with Crippen LogP contribution in [0, 0.1) is 5.82 Å². The van der Waals surface area contributed by atoms with Crippen molar-refractivity contribution in [1.29, 1.82) is 0 Å². The molecule has 3 N–H and O–H groups in total. The van der Waals surface area contributed by atoms with Crippen LogP contribution in [0.1, 0.15) is 48.4 Å². The zero-order valence-corrected chi connectivity index (χ0v) is 15.7. The van der Waals surface area contributed by atoms with Crippen LogP contribution in [0.15, 0.2) is 36.4 Å². The van der Waals surface area contributed by atoms with Gasteiger partial charge in [-0.25, -0.2) is 4.39 Å². The number of fused-ring (bicyclic) bond motifs is 1. The zero-order chi connectivity index (χ0) is 21.3. The van der Waals surface area contributed by atoms with Crippen LogP contribution in [0.4, 0.5) is 23.2 Å². The number of aromatic nitrogens is 1. The summed E-state index contributed by atoms with van der Waals surface area (Å²) in [5.74, 6) is -1.39. The van der Waals surface area contributed by atoms with Gasteiger partial charge in [0.05, 0.1) is 16.5 Å². The third-order valence-corrected chi connectivity index (χ3v) is 6.02. The van der Waals surface area contributed by atoms with E-state index in [2.05, 4.69) is 10.3 Å². The normalized spacial score (nSPS) is 17.9. The van der Waals surface area contributed by atoms with Crippen molar-refractivity contribution in [3.8, 4) is 5.75 Å². The Labute approximate surface area is 168 Å². The number of phenols is 1. The second-order valence-electron chi connectivity index (χ2n) is 8.19.